The maximum atomic E-state index is 13.5. The average molecular weight is 233 g/mol. The molecular weight excluding hydrogens is 224 g/mol. The van der Waals surface area contributed by atoms with Crippen LogP contribution in [0.25, 0.3) is 11.1 Å². The third-order valence-corrected chi connectivity index (χ3v) is 2.43. The molecule has 2 N–H and O–H groups in total. The lowest BCUT2D eigenvalue weighted by Crippen LogP contribution is -2.10. The van der Waals surface area contributed by atoms with E-state index < -0.39 is 17.5 Å². The fourth-order valence-electron chi connectivity index (χ4n) is 1.54. The standard InChI is InChI=1S/C13H9F2NO/c14-11-3-1-2-10(12(11)15)8-4-6-9(7-5-8)13(16)17/h1-7H,(H2,16,17). The predicted molar refractivity (Wildman–Crippen MR) is 60.3 cm³/mol. The Bertz CT molecular complexity index is 564. The molecule has 2 rings (SSSR count). The van der Waals surface area contributed by atoms with Crippen LogP contribution in [0.4, 0.5) is 8.78 Å². The highest BCUT2D eigenvalue weighted by molar-refractivity contribution is 5.93. The molecule has 0 aliphatic carbocycles. The van der Waals surface area contributed by atoms with E-state index in [2.05, 4.69) is 0 Å². The van der Waals surface area contributed by atoms with Gasteiger partial charge in [-0.05, 0) is 23.8 Å². The first kappa shape index (κ1) is 11.3. The van der Waals surface area contributed by atoms with Crippen molar-refractivity contribution in [1.82, 2.24) is 0 Å². The van der Waals surface area contributed by atoms with Crippen LogP contribution in [-0.2, 0) is 0 Å². The fraction of sp³-hybridized carbons (Fsp3) is 0. The quantitative estimate of drug-likeness (QED) is 0.851. The summed E-state index contributed by atoms with van der Waals surface area (Å²) >= 11 is 0. The van der Waals surface area contributed by atoms with E-state index in [9.17, 15) is 13.6 Å². The first-order valence-corrected chi connectivity index (χ1v) is 4.94. The van der Waals surface area contributed by atoms with Crippen LogP contribution >= 0.6 is 0 Å². The highest BCUT2D eigenvalue weighted by atomic mass is 19.2. The minimum absolute atomic E-state index is 0.154. The van der Waals surface area contributed by atoms with Crippen LogP contribution in [0.5, 0.6) is 0 Å². The molecule has 0 saturated heterocycles. The predicted octanol–water partition coefficient (Wildman–Crippen LogP) is 2.73. The van der Waals surface area contributed by atoms with Gasteiger partial charge in [-0.3, -0.25) is 4.79 Å². The van der Waals surface area contributed by atoms with Crippen molar-refractivity contribution in [2.45, 2.75) is 0 Å². The summed E-state index contributed by atoms with van der Waals surface area (Å²) in [6.45, 7) is 0. The van der Waals surface area contributed by atoms with Gasteiger partial charge in [0.1, 0.15) is 0 Å². The first-order chi connectivity index (χ1) is 8.09. The van der Waals surface area contributed by atoms with Crippen molar-refractivity contribution >= 4 is 5.91 Å². The molecular formula is C13H9F2NO. The van der Waals surface area contributed by atoms with Crippen molar-refractivity contribution in [2.75, 3.05) is 0 Å². The molecule has 0 fully saturated rings. The second-order valence-corrected chi connectivity index (χ2v) is 3.54. The van der Waals surface area contributed by atoms with Crippen LogP contribution in [0.2, 0.25) is 0 Å². The van der Waals surface area contributed by atoms with E-state index in [1.54, 1.807) is 0 Å². The Kier molecular flexibility index (Phi) is 2.87. The van der Waals surface area contributed by atoms with E-state index in [-0.39, 0.29) is 5.56 Å². The lowest BCUT2D eigenvalue weighted by atomic mass is 10.0. The van der Waals surface area contributed by atoms with Crippen molar-refractivity contribution in [3.05, 3.63) is 59.7 Å². The summed E-state index contributed by atoms with van der Waals surface area (Å²) in [5.41, 5.74) is 6.05. The molecule has 2 aromatic rings. The second kappa shape index (κ2) is 4.33. The number of rotatable bonds is 2. The summed E-state index contributed by atoms with van der Waals surface area (Å²) in [6, 6.07) is 9.95. The van der Waals surface area contributed by atoms with Gasteiger partial charge in [0.2, 0.25) is 5.91 Å². The largest absolute Gasteiger partial charge is 0.366 e. The molecule has 0 bridgehead atoms. The van der Waals surface area contributed by atoms with Crippen LogP contribution in [0, 0.1) is 11.6 Å². The fourth-order valence-corrected chi connectivity index (χ4v) is 1.54. The van der Waals surface area contributed by atoms with Crippen molar-refractivity contribution < 1.29 is 13.6 Å². The Balaban J connectivity index is 2.47. The molecule has 4 heteroatoms. The lowest BCUT2D eigenvalue weighted by Gasteiger charge is -2.04. The molecule has 0 heterocycles. The number of halogens is 2. The SMILES string of the molecule is NC(=O)c1ccc(-c2cccc(F)c2F)cc1. The molecule has 0 aliphatic heterocycles. The smallest absolute Gasteiger partial charge is 0.248 e. The summed E-state index contributed by atoms with van der Waals surface area (Å²) in [7, 11) is 0. The molecule has 0 aliphatic rings. The van der Waals surface area contributed by atoms with Gasteiger partial charge in [-0.15, -0.1) is 0 Å². The number of primary amides is 1. The zero-order chi connectivity index (χ0) is 12.4. The van der Waals surface area contributed by atoms with Gasteiger partial charge in [-0.2, -0.15) is 0 Å². The molecule has 17 heavy (non-hydrogen) atoms. The van der Waals surface area contributed by atoms with E-state index in [4.69, 9.17) is 5.73 Å². The highest BCUT2D eigenvalue weighted by Crippen LogP contribution is 2.24. The number of hydrogen-bond acceptors (Lipinski definition) is 1. The summed E-state index contributed by atoms with van der Waals surface area (Å²) < 4.78 is 26.5. The zero-order valence-corrected chi connectivity index (χ0v) is 8.78. The van der Waals surface area contributed by atoms with Crippen LogP contribution in [-0.4, -0.2) is 5.91 Å². The van der Waals surface area contributed by atoms with E-state index >= 15 is 0 Å². The topological polar surface area (TPSA) is 43.1 Å². The van der Waals surface area contributed by atoms with Crippen molar-refractivity contribution in [3.63, 3.8) is 0 Å². The van der Waals surface area contributed by atoms with Gasteiger partial charge in [-0.25, -0.2) is 8.78 Å². The molecule has 0 radical (unpaired) electrons. The number of benzene rings is 2. The number of carbonyl (C=O) groups excluding carboxylic acids is 1. The molecule has 86 valence electrons. The molecule has 2 nitrogen and oxygen atoms in total. The van der Waals surface area contributed by atoms with Gasteiger partial charge < -0.3 is 5.73 Å². The average Bonchev–Trinajstić information content (AvgIpc) is 2.33. The Morgan fingerprint density at radius 3 is 2.24 bits per heavy atom. The normalized spacial score (nSPS) is 10.2. The maximum absolute atomic E-state index is 13.5. The lowest BCUT2D eigenvalue weighted by molar-refractivity contribution is 0.100. The van der Waals surface area contributed by atoms with Gasteiger partial charge in [0.25, 0.3) is 0 Å². The number of carbonyl (C=O) groups is 1. The zero-order valence-electron chi connectivity index (χ0n) is 8.78. The summed E-state index contributed by atoms with van der Waals surface area (Å²) in [5.74, 6) is -2.36. The van der Waals surface area contributed by atoms with Crippen molar-refractivity contribution in [2.24, 2.45) is 5.73 Å². The van der Waals surface area contributed by atoms with Crippen LogP contribution in [0.15, 0.2) is 42.5 Å². The number of nitrogens with two attached hydrogens (primary N) is 1. The van der Waals surface area contributed by atoms with Gasteiger partial charge >= 0.3 is 0 Å². The third-order valence-electron chi connectivity index (χ3n) is 2.43. The molecule has 0 aromatic heterocycles. The van der Waals surface area contributed by atoms with E-state index in [0.717, 1.165) is 6.07 Å². The molecule has 0 atom stereocenters. The summed E-state index contributed by atoms with van der Waals surface area (Å²) in [6.07, 6.45) is 0. The number of amides is 1. The van der Waals surface area contributed by atoms with Crippen molar-refractivity contribution in [1.29, 1.82) is 0 Å². The molecule has 0 spiro atoms. The van der Waals surface area contributed by atoms with Crippen LogP contribution in [0.1, 0.15) is 10.4 Å². The minimum atomic E-state index is -0.903. The first-order valence-electron chi connectivity index (χ1n) is 4.94. The van der Waals surface area contributed by atoms with Gasteiger partial charge in [0, 0.05) is 11.1 Å². The maximum Gasteiger partial charge on any atom is 0.248 e. The highest BCUT2D eigenvalue weighted by Gasteiger charge is 2.09. The molecule has 0 saturated carbocycles. The van der Waals surface area contributed by atoms with E-state index in [1.807, 2.05) is 0 Å². The Morgan fingerprint density at radius 1 is 1.00 bits per heavy atom. The van der Waals surface area contributed by atoms with Gasteiger partial charge in [-0.1, -0.05) is 24.3 Å². The molecule has 0 unspecified atom stereocenters. The monoisotopic (exact) mass is 233 g/mol. The van der Waals surface area contributed by atoms with E-state index in [0.29, 0.717) is 11.1 Å². The van der Waals surface area contributed by atoms with Gasteiger partial charge in [0.15, 0.2) is 11.6 Å². The minimum Gasteiger partial charge on any atom is -0.366 e. The van der Waals surface area contributed by atoms with Crippen LogP contribution in [0.3, 0.4) is 0 Å². The van der Waals surface area contributed by atoms with E-state index in [1.165, 1.54) is 36.4 Å². The Morgan fingerprint density at radius 2 is 1.65 bits per heavy atom. The summed E-state index contributed by atoms with van der Waals surface area (Å²) in [5, 5.41) is 0. The van der Waals surface area contributed by atoms with Gasteiger partial charge in [0.05, 0.1) is 0 Å². The summed E-state index contributed by atoms with van der Waals surface area (Å²) in [4.78, 5) is 10.9. The van der Waals surface area contributed by atoms with Crippen LogP contribution < -0.4 is 5.73 Å². The van der Waals surface area contributed by atoms with Crippen molar-refractivity contribution in [3.8, 4) is 11.1 Å². The molecule has 2 aromatic carbocycles. The third kappa shape index (κ3) is 2.15. The number of hydrogen-bond donors (Lipinski definition) is 1. The molecule has 1 amide bonds. The Labute approximate surface area is 96.7 Å². The Hall–Kier alpha value is -2.23. The second-order valence-electron chi connectivity index (χ2n) is 3.54.